The number of benzene rings is 1. The number of amides is 2. The fourth-order valence-corrected chi connectivity index (χ4v) is 4.89. The van der Waals surface area contributed by atoms with Gasteiger partial charge in [-0.15, -0.1) is 0 Å². The summed E-state index contributed by atoms with van der Waals surface area (Å²) in [7, 11) is 6.36. The van der Waals surface area contributed by atoms with Gasteiger partial charge in [0.25, 0.3) is 0 Å². The largest absolute Gasteiger partial charge is 0.493 e. The van der Waals surface area contributed by atoms with Crippen LogP contribution in [0.1, 0.15) is 43.6 Å². The molecule has 0 spiro atoms. The van der Waals surface area contributed by atoms with Crippen molar-refractivity contribution in [2.45, 2.75) is 38.0 Å². The summed E-state index contributed by atoms with van der Waals surface area (Å²) in [5.74, 6) is 1.32. The first-order chi connectivity index (χ1) is 15.5. The zero-order chi connectivity index (χ0) is 23.1. The maximum Gasteiger partial charge on any atom is 0.225 e. The topological polar surface area (TPSA) is 86.3 Å². The van der Waals surface area contributed by atoms with E-state index in [-0.39, 0.29) is 29.6 Å². The highest BCUT2D eigenvalue weighted by Crippen LogP contribution is 2.43. The molecule has 3 rings (SSSR count). The number of carbonyl (C=O) groups is 2. The minimum Gasteiger partial charge on any atom is -0.493 e. The molecule has 2 atom stereocenters. The molecule has 0 bridgehead atoms. The number of hydrogen-bond acceptors (Lipinski definition) is 6. The second kappa shape index (κ2) is 11.4. The van der Waals surface area contributed by atoms with Crippen LogP contribution in [0.4, 0.5) is 0 Å². The Bertz CT molecular complexity index is 768. The smallest absolute Gasteiger partial charge is 0.225 e. The van der Waals surface area contributed by atoms with E-state index in [0.29, 0.717) is 43.5 Å². The van der Waals surface area contributed by atoms with Crippen LogP contribution in [0.3, 0.4) is 0 Å². The standard InChI is InChI=1S/C24H36N2O6/c1-29-11-7-10-25-23(27)19-15-26(24(28)16-8-5-6-9-16)14-18(19)17-12-20(30-2)22(32-4)21(13-17)31-3/h12-13,16,18-19H,5-11,14-15H2,1-4H3,(H,25,27)/t18-,19-/m1/s1. The third-order valence-electron chi connectivity index (χ3n) is 6.61. The Kier molecular flexibility index (Phi) is 8.61. The average Bonchev–Trinajstić information content (AvgIpc) is 3.51. The van der Waals surface area contributed by atoms with Gasteiger partial charge in [0.05, 0.1) is 27.2 Å². The van der Waals surface area contributed by atoms with Crippen LogP contribution >= 0.6 is 0 Å². The predicted octanol–water partition coefficient (Wildman–Crippen LogP) is 2.60. The Morgan fingerprint density at radius 1 is 1.00 bits per heavy atom. The van der Waals surface area contributed by atoms with E-state index < -0.39 is 0 Å². The van der Waals surface area contributed by atoms with E-state index in [0.717, 1.165) is 37.7 Å². The number of nitrogens with zero attached hydrogens (tertiary/aromatic N) is 1. The lowest BCUT2D eigenvalue weighted by Gasteiger charge is -2.21. The fourth-order valence-electron chi connectivity index (χ4n) is 4.89. The van der Waals surface area contributed by atoms with Gasteiger partial charge in [0.1, 0.15) is 0 Å². The maximum absolute atomic E-state index is 13.1. The second-order valence-electron chi connectivity index (χ2n) is 8.53. The summed E-state index contributed by atoms with van der Waals surface area (Å²) in [5, 5.41) is 3.02. The molecule has 0 unspecified atom stereocenters. The molecule has 1 aromatic rings. The van der Waals surface area contributed by atoms with E-state index in [1.165, 1.54) is 0 Å². The van der Waals surface area contributed by atoms with Crippen molar-refractivity contribution in [3.8, 4) is 17.2 Å². The van der Waals surface area contributed by atoms with Gasteiger partial charge < -0.3 is 29.2 Å². The monoisotopic (exact) mass is 448 g/mol. The number of rotatable bonds is 10. The number of nitrogens with one attached hydrogen (secondary N) is 1. The SMILES string of the molecule is COCCCNC(=O)[C@@H]1CN(C(=O)C2CCCC2)C[C@@H]1c1cc(OC)c(OC)c(OC)c1. The van der Waals surface area contributed by atoms with Crippen LogP contribution in [0.25, 0.3) is 0 Å². The Labute approximate surface area is 190 Å². The van der Waals surface area contributed by atoms with Gasteiger partial charge in [0.2, 0.25) is 17.6 Å². The maximum atomic E-state index is 13.1. The molecule has 1 aliphatic heterocycles. The number of ether oxygens (including phenoxy) is 4. The molecule has 8 nitrogen and oxygen atoms in total. The van der Waals surface area contributed by atoms with Crippen molar-refractivity contribution >= 4 is 11.8 Å². The summed E-state index contributed by atoms with van der Waals surface area (Å²) < 4.78 is 21.6. The van der Waals surface area contributed by atoms with Crippen molar-refractivity contribution in [3.63, 3.8) is 0 Å². The van der Waals surface area contributed by atoms with Crippen LogP contribution in [0.5, 0.6) is 17.2 Å². The lowest BCUT2D eigenvalue weighted by atomic mass is 9.88. The van der Waals surface area contributed by atoms with Gasteiger partial charge in [0, 0.05) is 45.2 Å². The second-order valence-corrected chi connectivity index (χ2v) is 8.53. The third-order valence-corrected chi connectivity index (χ3v) is 6.61. The first-order valence-electron chi connectivity index (χ1n) is 11.4. The summed E-state index contributed by atoms with van der Waals surface area (Å²) in [4.78, 5) is 28.2. The van der Waals surface area contributed by atoms with Crippen molar-refractivity contribution < 1.29 is 28.5 Å². The normalized spacial score (nSPS) is 20.9. The molecule has 1 aromatic carbocycles. The predicted molar refractivity (Wildman–Crippen MR) is 120 cm³/mol. The summed E-state index contributed by atoms with van der Waals surface area (Å²) in [5.41, 5.74) is 0.901. The Morgan fingerprint density at radius 3 is 2.22 bits per heavy atom. The van der Waals surface area contributed by atoms with Crippen LogP contribution in [-0.4, -0.2) is 71.4 Å². The van der Waals surface area contributed by atoms with Gasteiger partial charge in [-0.1, -0.05) is 12.8 Å². The first kappa shape index (κ1) is 24.2. The van der Waals surface area contributed by atoms with Gasteiger partial charge in [-0.05, 0) is 37.0 Å². The van der Waals surface area contributed by atoms with Crippen molar-refractivity contribution in [3.05, 3.63) is 17.7 Å². The quantitative estimate of drug-likeness (QED) is 0.554. The van der Waals surface area contributed by atoms with E-state index in [2.05, 4.69) is 5.32 Å². The van der Waals surface area contributed by atoms with E-state index in [1.807, 2.05) is 17.0 Å². The summed E-state index contributed by atoms with van der Waals surface area (Å²) in [6, 6.07) is 3.78. The van der Waals surface area contributed by atoms with Crippen LogP contribution < -0.4 is 19.5 Å². The van der Waals surface area contributed by atoms with Gasteiger partial charge in [-0.3, -0.25) is 9.59 Å². The molecule has 2 fully saturated rings. The fraction of sp³-hybridized carbons (Fsp3) is 0.667. The molecule has 8 heteroatoms. The van der Waals surface area contributed by atoms with Crippen LogP contribution in [-0.2, 0) is 14.3 Å². The number of carbonyl (C=O) groups excluding carboxylic acids is 2. The highest BCUT2D eigenvalue weighted by Gasteiger charge is 2.42. The molecular weight excluding hydrogens is 412 g/mol. The van der Waals surface area contributed by atoms with Crippen LogP contribution in [0.2, 0.25) is 0 Å². The van der Waals surface area contributed by atoms with Gasteiger partial charge in [-0.25, -0.2) is 0 Å². The van der Waals surface area contributed by atoms with E-state index >= 15 is 0 Å². The minimum absolute atomic E-state index is 0.0402. The highest BCUT2D eigenvalue weighted by molar-refractivity contribution is 5.84. The molecular formula is C24H36N2O6. The first-order valence-corrected chi connectivity index (χ1v) is 11.4. The van der Waals surface area contributed by atoms with E-state index in [1.54, 1.807) is 28.4 Å². The lowest BCUT2D eigenvalue weighted by molar-refractivity contribution is -0.134. The molecule has 2 amide bonds. The molecule has 178 valence electrons. The molecule has 32 heavy (non-hydrogen) atoms. The third kappa shape index (κ3) is 5.28. The molecule has 1 aliphatic carbocycles. The van der Waals surface area contributed by atoms with E-state index in [9.17, 15) is 9.59 Å². The minimum atomic E-state index is -0.342. The van der Waals surface area contributed by atoms with E-state index in [4.69, 9.17) is 18.9 Å². The molecule has 1 N–H and O–H groups in total. The molecule has 1 heterocycles. The highest BCUT2D eigenvalue weighted by atomic mass is 16.5. The van der Waals surface area contributed by atoms with Gasteiger partial charge in [-0.2, -0.15) is 0 Å². The van der Waals surface area contributed by atoms with Gasteiger partial charge >= 0.3 is 0 Å². The molecule has 0 aromatic heterocycles. The zero-order valence-electron chi connectivity index (χ0n) is 19.6. The summed E-state index contributed by atoms with van der Waals surface area (Å²) in [6.07, 6.45) is 4.83. The van der Waals surface area contributed by atoms with Gasteiger partial charge in [0.15, 0.2) is 11.5 Å². The van der Waals surface area contributed by atoms with Crippen molar-refractivity contribution in [2.24, 2.45) is 11.8 Å². The van der Waals surface area contributed by atoms with Crippen molar-refractivity contribution in [1.29, 1.82) is 0 Å². The molecule has 0 radical (unpaired) electrons. The Hall–Kier alpha value is -2.48. The van der Waals surface area contributed by atoms with Crippen LogP contribution in [0.15, 0.2) is 12.1 Å². The molecule has 2 aliphatic rings. The number of likely N-dealkylation sites (tertiary alicyclic amines) is 1. The molecule has 1 saturated carbocycles. The van der Waals surface area contributed by atoms with Crippen LogP contribution in [0, 0.1) is 11.8 Å². The Balaban J connectivity index is 1.87. The molecule has 1 saturated heterocycles. The van der Waals surface area contributed by atoms with Crippen molar-refractivity contribution in [2.75, 3.05) is 54.7 Å². The lowest BCUT2D eigenvalue weighted by Crippen LogP contribution is -2.37. The summed E-state index contributed by atoms with van der Waals surface area (Å²) in [6.45, 7) is 2.06. The summed E-state index contributed by atoms with van der Waals surface area (Å²) >= 11 is 0. The number of methoxy groups -OCH3 is 4. The zero-order valence-corrected chi connectivity index (χ0v) is 19.6. The average molecular weight is 449 g/mol. The Morgan fingerprint density at radius 2 is 1.66 bits per heavy atom. The number of hydrogen-bond donors (Lipinski definition) is 1. The van der Waals surface area contributed by atoms with Crippen molar-refractivity contribution in [1.82, 2.24) is 10.2 Å².